The van der Waals surface area contributed by atoms with E-state index in [1.165, 1.54) is 27.5 Å². The van der Waals surface area contributed by atoms with Crippen LogP contribution in [-0.4, -0.2) is 0 Å². The molecule has 74 valence electrons. The van der Waals surface area contributed by atoms with Gasteiger partial charge in [-0.2, -0.15) is 0 Å². The van der Waals surface area contributed by atoms with Crippen LogP contribution < -0.4 is 0 Å². The topological polar surface area (TPSA) is 0 Å². The van der Waals surface area contributed by atoms with Gasteiger partial charge in [0.15, 0.2) is 0 Å². The largest absolute Gasteiger partial charge is 0.0763 e. The summed E-state index contributed by atoms with van der Waals surface area (Å²) < 4.78 is 0. The van der Waals surface area contributed by atoms with Crippen LogP contribution >= 0.6 is 0 Å². The van der Waals surface area contributed by atoms with Crippen LogP contribution in [0.5, 0.6) is 0 Å². The molecule has 0 heteroatoms. The molecule has 3 rings (SSSR count). The average Bonchev–Trinajstić information content (AvgIpc) is 2.72. The zero-order chi connectivity index (χ0) is 10.3. The normalized spacial score (nSPS) is 14.1. The van der Waals surface area contributed by atoms with E-state index in [2.05, 4.69) is 49.4 Å². The van der Waals surface area contributed by atoms with Gasteiger partial charge in [0.05, 0.1) is 0 Å². The first-order chi connectivity index (χ1) is 7.40. The first-order valence-electron chi connectivity index (χ1n) is 5.60. The number of hydrogen-bond acceptors (Lipinski definition) is 0. The standard InChI is InChI=1S/C15H14/c1-2-11-7-9-13-10-8-12-5-3-4-6-14(12)15(11)13/h3-8,10H,2,9H2,1H3. The van der Waals surface area contributed by atoms with Gasteiger partial charge in [-0.05, 0) is 40.3 Å². The predicted octanol–water partition coefficient (Wildman–Crippen LogP) is 4.19. The van der Waals surface area contributed by atoms with E-state index in [1.807, 2.05) is 0 Å². The molecule has 2 aromatic rings. The molecule has 0 aromatic heterocycles. The number of benzene rings is 2. The number of fused-ring (bicyclic) bond motifs is 3. The van der Waals surface area contributed by atoms with Gasteiger partial charge in [0.2, 0.25) is 0 Å². The molecule has 0 spiro atoms. The Hall–Kier alpha value is -1.56. The summed E-state index contributed by atoms with van der Waals surface area (Å²) in [4.78, 5) is 0. The maximum atomic E-state index is 2.37. The van der Waals surface area contributed by atoms with Gasteiger partial charge in [0, 0.05) is 0 Å². The zero-order valence-corrected chi connectivity index (χ0v) is 8.96. The van der Waals surface area contributed by atoms with E-state index in [1.54, 1.807) is 0 Å². The van der Waals surface area contributed by atoms with Crippen molar-refractivity contribution in [1.82, 2.24) is 0 Å². The summed E-state index contributed by atoms with van der Waals surface area (Å²) in [5.41, 5.74) is 4.50. The molecule has 0 amide bonds. The molecule has 15 heavy (non-hydrogen) atoms. The maximum absolute atomic E-state index is 2.37. The van der Waals surface area contributed by atoms with E-state index in [0.29, 0.717) is 0 Å². The Balaban J connectivity index is 2.38. The molecule has 2 aromatic carbocycles. The lowest BCUT2D eigenvalue weighted by Crippen LogP contribution is -1.86. The molecular formula is C15H14. The van der Waals surface area contributed by atoms with Gasteiger partial charge in [-0.15, -0.1) is 0 Å². The molecule has 0 saturated heterocycles. The van der Waals surface area contributed by atoms with Gasteiger partial charge in [-0.3, -0.25) is 0 Å². The maximum Gasteiger partial charge on any atom is -0.00851 e. The second kappa shape index (κ2) is 3.23. The Morgan fingerprint density at radius 3 is 2.80 bits per heavy atom. The number of allylic oxidation sites excluding steroid dienone is 2. The summed E-state index contributed by atoms with van der Waals surface area (Å²) in [6.07, 6.45) is 4.63. The van der Waals surface area contributed by atoms with Crippen molar-refractivity contribution in [2.24, 2.45) is 0 Å². The summed E-state index contributed by atoms with van der Waals surface area (Å²) >= 11 is 0. The van der Waals surface area contributed by atoms with Crippen LogP contribution in [0.4, 0.5) is 0 Å². The molecule has 0 N–H and O–H groups in total. The molecule has 0 radical (unpaired) electrons. The quantitative estimate of drug-likeness (QED) is 0.638. The molecule has 1 aliphatic carbocycles. The van der Waals surface area contributed by atoms with Crippen LogP contribution in [0.15, 0.2) is 42.5 Å². The Labute approximate surface area is 90.2 Å². The van der Waals surface area contributed by atoms with E-state index >= 15 is 0 Å². The fraction of sp³-hybridized carbons (Fsp3) is 0.200. The first kappa shape index (κ1) is 8.72. The van der Waals surface area contributed by atoms with E-state index in [-0.39, 0.29) is 0 Å². The van der Waals surface area contributed by atoms with Crippen molar-refractivity contribution in [2.75, 3.05) is 0 Å². The number of hydrogen-bond donors (Lipinski definition) is 0. The lowest BCUT2D eigenvalue weighted by molar-refractivity contribution is 1.25. The van der Waals surface area contributed by atoms with Crippen molar-refractivity contribution in [3.8, 4) is 0 Å². The highest BCUT2D eigenvalue weighted by Crippen LogP contribution is 2.35. The van der Waals surface area contributed by atoms with Crippen LogP contribution in [0.1, 0.15) is 24.5 Å². The molecule has 0 aliphatic heterocycles. The van der Waals surface area contributed by atoms with Crippen molar-refractivity contribution in [3.05, 3.63) is 53.6 Å². The Morgan fingerprint density at radius 1 is 1.07 bits per heavy atom. The van der Waals surface area contributed by atoms with Crippen LogP contribution in [0.25, 0.3) is 16.3 Å². The Morgan fingerprint density at radius 2 is 1.93 bits per heavy atom. The minimum Gasteiger partial charge on any atom is -0.0763 e. The molecule has 0 unspecified atom stereocenters. The molecule has 0 saturated carbocycles. The fourth-order valence-corrected chi connectivity index (χ4v) is 2.52. The Bertz CT molecular complexity index is 547. The summed E-state index contributed by atoms with van der Waals surface area (Å²) in [6, 6.07) is 13.2. The SMILES string of the molecule is CCC1=CCc2ccc3ccccc3c21. The van der Waals surface area contributed by atoms with E-state index in [4.69, 9.17) is 0 Å². The summed E-state index contributed by atoms with van der Waals surface area (Å²) in [5.74, 6) is 0. The second-order valence-corrected chi connectivity index (χ2v) is 4.11. The second-order valence-electron chi connectivity index (χ2n) is 4.11. The van der Waals surface area contributed by atoms with Crippen molar-refractivity contribution in [3.63, 3.8) is 0 Å². The third-order valence-electron chi connectivity index (χ3n) is 3.29. The van der Waals surface area contributed by atoms with Crippen LogP contribution in [0.3, 0.4) is 0 Å². The van der Waals surface area contributed by atoms with Crippen LogP contribution in [0, 0.1) is 0 Å². The van der Waals surface area contributed by atoms with Gasteiger partial charge in [0.25, 0.3) is 0 Å². The van der Waals surface area contributed by atoms with Gasteiger partial charge >= 0.3 is 0 Å². The minimum absolute atomic E-state index is 1.11. The highest BCUT2D eigenvalue weighted by Gasteiger charge is 2.14. The average molecular weight is 194 g/mol. The summed E-state index contributed by atoms with van der Waals surface area (Å²) in [5, 5.41) is 2.78. The van der Waals surface area contributed by atoms with Gasteiger partial charge in [0.1, 0.15) is 0 Å². The molecule has 1 aliphatic rings. The fourth-order valence-electron chi connectivity index (χ4n) is 2.52. The molecule has 0 fully saturated rings. The van der Waals surface area contributed by atoms with Crippen molar-refractivity contribution >= 4 is 16.3 Å². The smallest absolute Gasteiger partial charge is 0.00851 e. The van der Waals surface area contributed by atoms with E-state index in [9.17, 15) is 0 Å². The van der Waals surface area contributed by atoms with Crippen molar-refractivity contribution in [2.45, 2.75) is 19.8 Å². The van der Waals surface area contributed by atoms with Crippen molar-refractivity contribution < 1.29 is 0 Å². The molecule has 0 nitrogen and oxygen atoms in total. The van der Waals surface area contributed by atoms with Gasteiger partial charge in [-0.25, -0.2) is 0 Å². The lowest BCUT2D eigenvalue weighted by Gasteiger charge is -2.08. The molecule has 0 atom stereocenters. The van der Waals surface area contributed by atoms with Crippen LogP contribution in [0.2, 0.25) is 0 Å². The minimum atomic E-state index is 1.11. The highest BCUT2D eigenvalue weighted by atomic mass is 14.2. The third-order valence-corrected chi connectivity index (χ3v) is 3.29. The zero-order valence-electron chi connectivity index (χ0n) is 8.96. The van der Waals surface area contributed by atoms with E-state index < -0.39 is 0 Å². The van der Waals surface area contributed by atoms with E-state index in [0.717, 1.165) is 12.8 Å². The highest BCUT2D eigenvalue weighted by molar-refractivity contribution is 5.96. The third kappa shape index (κ3) is 1.21. The lowest BCUT2D eigenvalue weighted by atomic mass is 9.96. The van der Waals surface area contributed by atoms with Crippen LogP contribution in [-0.2, 0) is 6.42 Å². The van der Waals surface area contributed by atoms with Gasteiger partial charge in [-0.1, -0.05) is 49.4 Å². The number of rotatable bonds is 1. The monoisotopic (exact) mass is 194 g/mol. The molecular weight excluding hydrogens is 180 g/mol. The summed E-state index contributed by atoms with van der Waals surface area (Å²) in [7, 11) is 0. The molecule has 0 bridgehead atoms. The Kier molecular flexibility index (Phi) is 1.88. The first-order valence-corrected chi connectivity index (χ1v) is 5.60. The predicted molar refractivity (Wildman–Crippen MR) is 65.9 cm³/mol. The molecule has 0 heterocycles. The van der Waals surface area contributed by atoms with Gasteiger partial charge < -0.3 is 0 Å². The summed E-state index contributed by atoms with van der Waals surface area (Å²) in [6.45, 7) is 2.24. The van der Waals surface area contributed by atoms with Crippen molar-refractivity contribution in [1.29, 1.82) is 0 Å².